The first kappa shape index (κ1) is 14.0. The van der Waals surface area contributed by atoms with E-state index in [0.717, 1.165) is 10.0 Å². The molecule has 0 spiro atoms. The first-order valence-electron chi connectivity index (χ1n) is 6.92. The molecule has 1 aliphatic carbocycles. The summed E-state index contributed by atoms with van der Waals surface area (Å²) in [6.07, 6.45) is 7.83. The average Bonchev–Trinajstić information content (AvgIpc) is 2.64. The van der Waals surface area contributed by atoms with Gasteiger partial charge in [0.15, 0.2) is 0 Å². The Morgan fingerprint density at radius 1 is 1.22 bits per heavy atom. The van der Waals surface area contributed by atoms with Gasteiger partial charge in [-0.25, -0.2) is 0 Å². The van der Waals surface area contributed by atoms with E-state index < -0.39 is 0 Å². The van der Waals surface area contributed by atoms with E-state index in [4.69, 9.17) is 0 Å². The summed E-state index contributed by atoms with van der Waals surface area (Å²) in [5.74, 6) is 0. The summed E-state index contributed by atoms with van der Waals surface area (Å²) < 4.78 is 1.07. The Morgan fingerprint density at radius 2 is 1.94 bits per heavy atom. The maximum Gasteiger partial charge on any atom is 0.0626 e. The van der Waals surface area contributed by atoms with Gasteiger partial charge >= 0.3 is 0 Å². The molecular weight excluding hydrogens is 290 g/mol. The Morgan fingerprint density at radius 3 is 2.56 bits per heavy atom. The first-order chi connectivity index (χ1) is 8.79. The monoisotopic (exact) mass is 311 g/mol. The molecule has 1 aliphatic rings. The molecule has 0 aromatic heterocycles. The highest BCUT2D eigenvalue weighted by Crippen LogP contribution is 2.22. The van der Waals surface area contributed by atoms with Gasteiger partial charge in [0.2, 0.25) is 0 Å². The second-order valence-corrected chi connectivity index (χ2v) is 6.06. The summed E-state index contributed by atoms with van der Waals surface area (Å²) in [6.45, 7) is 0.160. The Balaban J connectivity index is 1.99. The molecule has 1 saturated carbocycles. The van der Waals surface area contributed by atoms with E-state index in [0.29, 0.717) is 6.04 Å². The van der Waals surface area contributed by atoms with Crippen molar-refractivity contribution in [1.29, 1.82) is 0 Å². The van der Waals surface area contributed by atoms with Crippen LogP contribution in [0.2, 0.25) is 0 Å². The zero-order chi connectivity index (χ0) is 12.8. The molecule has 0 heterocycles. The van der Waals surface area contributed by atoms with Crippen molar-refractivity contribution < 1.29 is 5.11 Å². The predicted molar refractivity (Wildman–Crippen MR) is 78.6 cm³/mol. The van der Waals surface area contributed by atoms with Gasteiger partial charge in [-0.1, -0.05) is 53.7 Å². The Bertz CT molecular complexity index is 361. The SMILES string of the molecule is OCC(NC1CCCCCC1)c1cccc(Br)c1. The predicted octanol–water partition coefficient (Wildman–Crippen LogP) is 3.79. The zero-order valence-electron chi connectivity index (χ0n) is 10.7. The molecule has 1 fully saturated rings. The van der Waals surface area contributed by atoms with Crippen molar-refractivity contribution in [3.8, 4) is 0 Å². The lowest BCUT2D eigenvalue weighted by Crippen LogP contribution is -2.34. The summed E-state index contributed by atoms with van der Waals surface area (Å²) in [4.78, 5) is 0. The molecule has 1 aromatic rings. The number of halogens is 1. The molecule has 2 N–H and O–H groups in total. The van der Waals surface area contributed by atoms with E-state index in [1.807, 2.05) is 12.1 Å². The van der Waals surface area contributed by atoms with E-state index in [-0.39, 0.29) is 12.6 Å². The van der Waals surface area contributed by atoms with Crippen molar-refractivity contribution in [3.63, 3.8) is 0 Å². The minimum atomic E-state index is 0.0607. The standard InChI is InChI=1S/C15H22BrNO/c16-13-7-5-6-12(10-13)15(11-18)17-14-8-3-1-2-4-9-14/h5-7,10,14-15,17-18H,1-4,8-9,11H2. The highest BCUT2D eigenvalue weighted by molar-refractivity contribution is 9.10. The van der Waals surface area contributed by atoms with Crippen LogP contribution in [0.15, 0.2) is 28.7 Å². The fourth-order valence-corrected chi connectivity index (χ4v) is 3.13. The minimum absolute atomic E-state index is 0.0607. The van der Waals surface area contributed by atoms with Crippen LogP contribution in [0.3, 0.4) is 0 Å². The van der Waals surface area contributed by atoms with Gasteiger partial charge in [0.05, 0.1) is 12.6 Å². The van der Waals surface area contributed by atoms with E-state index in [2.05, 4.69) is 33.4 Å². The van der Waals surface area contributed by atoms with Crippen LogP contribution in [-0.4, -0.2) is 17.8 Å². The molecule has 3 heteroatoms. The van der Waals surface area contributed by atoms with Crippen LogP contribution in [0, 0.1) is 0 Å². The van der Waals surface area contributed by atoms with Gasteiger partial charge in [0.1, 0.15) is 0 Å². The Labute approximate surface area is 118 Å². The molecule has 18 heavy (non-hydrogen) atoms. The van der Waals surface area contributed by atoms with Crippen molar-refractivity contribution >= 4 is 15.9 Å². The zero-order valence-corrected chi connectivity index (χ0v) is 12.3. The maximum atomic E-state index is 9.59. The van der Waals surface area contributed by atoms with Crippen LogP contribution in [0.1, 0.15) is 50.1 Å². The third-order valence-corrected chi connectivity index (χ3v) is 4.22. The van der Waals surface area contributed by atoms with Gasteiger partial charge in [-0.15, -0.1) is 0 Å². The molecule has 0 bridgehead atoms. The smallest absolute Gasteiger partial charge is 0.0626 e. The molecular formula is C15H22BrNO. The summed E-state index contributed by atoms with van der Waals surface area (Å²) >= 11 is 3.49. The average molecular weight is 312 g/mol. The van der Waals surface area contributed by atoms with Gasteiger partial charge in [0, 0.05) is 10.5 Å². The molecule has 1 atom stereocenters. The number of hydrogen-bond donors (Lipinski definition) is 2. The molecule has 2 nitrogen and oxygen atoms in total. The lowest BCUT2D eigenvalue weighted by molar-refractivity contribution is 0.228. The fraction of sp³-hybridized carbons (Fsp3) is 0.600. The Kier molecular flexibility index (Phi) is 5.67. The van der Waals surface area contributed by atoms with E-state index >= 15 is 0 Å². The van der Waals surface area contributed by atoms with Gasteiger partial charge < -0.3 is 10.4 Å². The Hall–Kier alpha value is -0.380. The molecule has 1 aromatic carbocycles. The van der Waals surface area contributed by atoms with E-state index in [1.54, 1.807) is 0 Å². The normalized spacial score (nSPS) is 19.4. The molecule has 0 amide bonds. The number of aliphatic hydroxyl groups excluding tert-OH is 1. The van der Waals surface area contributed by atoms with Crippen LogP contribution >= 0.6 is 15.9 Å². The summed E-state index contributed by atoms with van der Waals surface area (Å²) in [5, 5.41) is 13.2. The quantitative estimate of drug-likeness (QED) is 0.829. The molecule has 0 aliphatic heterocycles. The van der Waals surface area contributed by atoms with Gasteiger partial charge in [-0.05, 0) is 30.5 Å². The molecule has 2 rings (SSSR count). The molecule has 100 valence electrons. The second kappa shape index (κ2) is 7.27. The fourth-order valence-electron chi connectivity index (χ4n) is 2.71. The topological polar surface area (TPSA) is 32.3 Å². The second-order valence-electron chi connectivity index (χ2n) is 5.15. The van der Waals surface area contributed by atoms with Gasteiger partial charge in [0.25, 0.3) is 0 Å². The first-order valence-corrected chi connectivity index (χ1v) is 7.71. The van der Waals surface area contributed by atoms with Crippen molar-refractivity contribution in [2.45, 2.75) is 50.6 Å². The van der Waals surface area contributed by atoms with Crippen molar-refractivity contribution in [3.05, 3.63) is 34.3 Å². The highest BCUT2D eigenvalue weighted by atomic mass is 79.9. The van der Waals surface area contributed by atoms with Gasteiger partial charge in [-0.2, -0.15) is 0 Å². The number of nitrogens with one attached hydrogen (secondary N) is 1. The third kappa shape index (κ3) is 4.08. The van der Waals surface area contributed by atoms with Crippen LogP contribution in [0.4, 0.5) is 0 Å². The molecule has 1 unspecified atom stereocenters. The molecule has 0 radical (unpaired) electrons. The third-order valence-electron chi connectivity index (χ3n) is 3.73. The summed E-state index contributed by atoms with van der Waals surface area (Å²) in [7, 11) is 0. The van der Waals surface area contributed by atoms with Crippen LogP contribution in [-0.2, 0) is 0 Å². The van der Waals surface area contributed by atoms with Crippen LogP contribution < -0.4 is 5.32 Å². The van der Waals surface area contributed by atoms with E-state index in [1.165, 1.54) is 38.5 Å². The van der Waals surface area contributed by atoms with Gasteiger partial charge in [-0.3, -0.25) is 0 Å². The summed E-state index contributed by atoms with van der Waals surface area (Å²) in [5.41, 5.74) is 1.16. The lowest BCUT2D eigenvalue weighted by atomic mass is 10.0. The number of hydrogen-bond acceptors (Lipinski definition) is 2. The number of rotatable bonds is 4. The number of aliphatic hydroxyl groups is 1. The largest absolute Gasteiger partial charge is 0.394 e. The molecule has 0 saturated heterocycles. The summed E-state index contributed by atoms with van der Waals surface area (Å²) in [6, 6.07) is 8.83. The van der Waals surface area contributed by atoms with Crippen molar-refractivity contribution in [2.24, 2.45) is 0 Å². The van der Waals surface area contributed by atoms with Crippen molar-refractivity contribution in [1.82, 2.24) is 5.32 Å². The van der Waals surface area contributed by atoms with Crippen molar-refractivity contribution in [2.75, 3.05) is 6.61 Å². The highest BCUT2D eigenvalue weighted by Gasteiger charge is 2.17. The van der Waals surface area contributed by atoms with Crippen LogP contribution in [0.25, 0.3) is 0 Å². The lowest BCUT2D eigenvalue weighted by Gasteiger charge is -2.24. The van der Waals surface area contributed by atoms with Crippen LogP contribution in [0.5, 0.6) is 0 Å². The number of benzene rings is 1. The maximum absolute atomic E-state index is 9.59. The minimum Gasteiger partial charge on any atom is -0.394 e. The van der Waals surface area contributed by atoms with E-state index in [9.17, 15) is 5.11 Å².